The Morgan fingerprint density at radius 2 is 1.73 bits per heavy atom. The van der Waals surface area contributed by atoms with Crippen LogP contribution in [0.4, 0.5) is 0 Å². The number of hydrogen-bond donors (Lipinski definition) is 0. The lowest BCUT2D eigenvalue weighted by Gasteiger charge is -2.31. The molecule has 0 atom stereocenters. The van der Waals surface area contributed by atoms with E-state index in [1.807, 2.05) is 51.1 Å². The number of carbonyl (C=O) groups excluding carboxylic acids is 1. The second kappa shape index (κ2) is 13.6. The van der Waals surface area contributed by atoms with Gasteiger partial charge in [0.2, 0.25) is 0 Å². The Morgan fingerprint density at radius 1 is 1.00 bits per heavy atom. The van der Waals surface area contributed by atoms with Crippen molar-refractivity contribution in [2.24, 2.45) is 5.92 Å². The molecule has 0 bridgehead atoms. The molecule has 44 heavy (non-hydrogen) atoms. The predicted molar refractivity (Wildman–Crippen MR) is 166 cm³/mol. The molecule has 226 valence electrons. The number of nitriles is 1. The standard InChI is InChI=1S/C34H36N6O4/c1-34(2,3)44-32(42)22-39-14-12-24(13-15-39)23-43-29-19-36-33(37-20-29)28-9-5-7-26(17-28)21-40-31(41)11-10-30(38-40)27-8-4-6-25(16-27)18-35/h4-11,16-17,19-20,24H,12-15,21-23H2,1-3H3. The zero-order chi connectivity index (χ0) is 31.1. The second-order valence-electron chi connectivity index (χ2n) is 12.0. The van der Waals surface area contributed by atoms with Crippen molar-refractivity contribution in [2.45, 2.75) is 45.8 Å². The Morgan fingerprint density at radius 3 is 2.45 bits per heavy atom. The molecular weight excluding hydrogens is 556 g/mol. The van der Waals surface area contributed by atoms with Crippen molar-refractivity contribution >= 4 is 5.97 Å². The molecule has 0 aliphatic carbocycles. The summed E-state index contributed by atoms with van der Waals surface area (Å²) in [7, 11) is 0. The van der Waals surface area contributed by atoms with Gasteiger partial charge in [0.15, 0.2) is 11.6 Å². The fourth-order valence-corrected chi connectivity index (χ4v) is 5.07. The van der Waals surface area contributed by atoms with Crippen molar-refractivity contribution in [3.8, 4) is 34.5 Å². The van der Waals surface area contributed by atoms with Crippen molar-refractivity contribution in [3.63, 3.8) is 0 Å². The average molecular weight is 593 g/mol. The fraction of sp³-hybridized carbons (Fsp3) is 0.353. The van der Waals surface area contributed by atoms with Crippen molar-refractivity contribution < 1.29 is 14.3 Å². The third kappa shape index (κ3) is 8.36. The van der Waals surface area contributed by atoms with E-state index in [4.69, 9.17) is 9.47 Å². The number of rotatable bonds is 9. The van der Waals surface area contributed by atoms with E-state index in [9.17, 15) is 14.9 Å². The van der Waals surface area contributed by atoms with E-state index in [1.165, 1.54) is 10.7 Å². The number of esters is 1. The van der Waals surface area contributed by atoms with Gasteiger partial charge in [-0.1, -0.05) is 30.3 Å². The maximum Gasteiger partial charge on any atom is 0.320 e. The van der Waals surface area contributed by atoms with Gasteiger partial charge in [0.1, 0.15) is 5.60 Å². The lowest BCUT2D eigenvalue weighted by molar-refractivity contribution is -0.156. The molecule has 1 saturated heterocycles. The normalized spacial score (nSPS) is 14.1. The van der Waals surface area contributed by atoms with Crippen LogP contribution in [0.15, 0.2) is 77.9 Å². The van der Waals surface area contributed by atoms with Gasteiger partial charge in [-0.2, -0.15) is 10.4 Å². The van der Waals surface area contributed by atoms with Crippen LogP contribution in [-0.2, 0) is 16.1 Å². The Balaban J connectivity index is 1.16. The minimum absolute atomic E-state index is 0.186. The first-order valence-electron chi connectivity index (χ1n) is 14.7. The summed E-state index contributed by atoms with van der Waals surface area (Å²) in [6.45, 7) is 8.47. The quantitative estimate of drug-likeness (QED) is 0.254. The summed E-state index contributed by atoms with van der Waals surface area (Å²) >= 11 is 0. The zero-order valence-electron chi connectivity index (χ0n) is 25.3. The third-order valence-electron chi connectivity index (χ3n) is 7.27. The Kier molecular flexibility index (Phi) is 9.46. The van der Waals surface area contributed by atoms with Crippen LogP contribution >= 0.6 is 0 Å². The molecule has 0 saturated carbocycles. The highest BCUT2D eigenvalue weighted by molar-refractivity contribution is 5.72. The zero-order valence-corrected chi connectivity index (χ0v) is 25.3. The number of ether oxygens (including phenoxy) is 2. The molecule has 2 aromatic heterocycles. The minimum Gasteiger partial charge on any atom is -0.490 e. The Bertz CT molecular complexity index is 1700. The molecule has 0 radical (unpaired) electrons. The van der Waals surface area contributed by atoms with Gasteiger partial charge < -0.3 is 9.47 Å². The summed E-state index contributed by atoms with van der Waals surface area (Å²) in [6.07, 6.45) is 5.25. The van der Waals surface area contributed by atoms with Crippen LogP contribution < -0.4 is 10.3 Å². The molecule has 0 amide bonds. The van der Waals surface area contributed by atoms with Crippen LogP contribution in [-0.4, -0.2) is 62.5 Å². The van der Waals surface area contributed by atoms with Gasteiger partial charge in [-0.05, 0) is 82.4 Å². The van der Waals surface area contributed by atoms with Crippen LogP contribution in [0.1, 0.15) is 44.7 Å². The molecular formula is C34H36N6O4. The van der Waals surface area contributed by atoms with Crippen LogP contribution in [0.2, 0.25) is 0 Å². The molecule has 0 spiro atoms. The van der Waals surface area contributed by atoms with E-state index in [-0.39, 0.29) is 18.1 Å². The topological polar surface area (TPSA) is 123 Å². The smallest absolute Gasteiger partial charge is 0.320 e. The maximum atomic E-state index is 12.6. The number of likely N-dealkylation sites (tertiary alicyclic amines) is 1. The number of nitrogens with zero attached hydrogens (tertiary/aromatic N) is 6. The number of aromatic nitrogens is 4. The van der Waals surface area contributed by atoms with E-state index >= 15 is 0 Å². The first-order valence-corrected chi connectivity index (χ1v) is 14.7. The van der Waals surface area contributed by atoms with Crippen LogP contribution in [0.5, 0.6) is 5.75 Å². The van der Waals surface area contributed by atoms with E-state index in [0.717, 1.165) is 42.6 Å². The molecule has 0 unspecified atom stereocenters. The second-order valence-corrected chi connectivity index (χ2v) is 12.0. The molecule has 1 aliphatic heterocycles. The first-order chi connectivity index (χ1) is 21.1. The summed E-state index contributed by atoms with van der Waals surface area (Å²) in [4.78, 5) is 35.9. The highest BCUT2D eigenvalue weighted by atomic mass is 16.6. The number of benzene rings is 2. The molecule has 1 aliphatic rings. The monoisotopic (exact) mass is 592 g/mol. The van der Waals surface area contributed by atoms with Gasteiger partial charge >= 0.3 is 5.97 Å². The summed E-state index contributed by atoms with van der Waals surface area (Å²) in [6, 6.07) is 20.1. The van der Waals surface area contributed by atoms with Gasteiger partial charge in [0, 0.05) is 17.2 Å². The lowest BCUT2D eigenvalue weighted by atomic mass is 9.98. The first kappa shape index (κ1) is 30.6. The average Bonchev–Trinajstić information content (AvgIpc) is 3.01. The summed E-state index contributed by atoms with van der Waals surface area (Å²) in [5.41, 5.74) is 2.92. The van der Waals surface area contributed by atoms with E-state index < -0.39 is 5.60 Å². The number of hydrogen-bond acceptors (Lipinski definition) is 9. The Labute approximate surface area is 256 Å². The largest absolute Gasteiger partial charge is 0.490 e. The third-order valence-corrected chi connectivity index (χ3v) is 7.27. The molecule has 0 N–H and O–H groups in total. The molecule has 10 nitrogen and oxygen atoms in total. The van der Waals surface area contributed by atoms with Crippen molar-refractivity contribution in [3.05, 3.63) is 94.5 Å². The van der Waals surface area contributed by atoms with Crippen molar-refractivity contribution in [2.75, 3.05) is 26.2 Å². The molecule has 2 aromatic carbocycles. The number of carbonyl (C=O) groups is 1. The van der Waals surface area contributed by atoms with Crippen LogP contribution in [0.3, 0.4) is 0 Å². The van der Waals surface area contributed by atoms with Gasteiger partial charge in [-0.15, -0.1) is 0 Å². The van der Waals surface area contributed by atoms with Crippen LogP contribution in [0.25, 0.3) is 22.6 Å². The lowest BCUT2D eigenvalue weighted by Crippen LogP contribution is -2.40. The van der Waals surface area contributed by atoms with Gasteiger partial charge in [-0.25, -0.2) is 14.6 Å². The summed E-state index contributed by atoms with van der Waals surface area (Å²) < 4.78 is 12.8. The van der Waals surface area contributed by atoms with Crippen LogP contribution in [0, 0.1) is 17.2 Å². The van der Waals surface area contributed by atoms with Gasteiger partial charge in [-0.3, -0.25) is 14.5 Å². The highest BCUT2D eigenvalue weighted by Gasteiger charge is 2.24. The molecule has 1 fully saturated rings. The van der Waals surface area contributed by atoms with E-state index in [0.29, 0.717) is 41.9 Å². The molecule has 10 heteroatoms. The summed E-state index contributed by atoms with van der Waals surface area (Å²) in [5, 5.41) is 13.8. The molecule has 5 rings (SSSR count). The SMILES string of the molecule is CC(C)(C)OC(=O)CN1CCC(COc2cnc(-c3cccc(Cn4nc(-c5cccc(C#N)c5)ccc4=O)c3)nc2)CC1. The molecule has 3 heterocycles. The predicted octanol–water partition coefficient (Wildman–Crippen LogP) is 4.72. The highest BCUT2D eigenvalue weighted by Crippen LogP contribution is 2.22. The maximum absolute atomic E-state index is 12.6. The minimum atomic E-state index is -0.469. The Hall–Kier alpha value is -4.88. The fourth-order valence-electron chi connectivity index (χ4n) is 5.07. The van der Waals surface area contributed by atoms with Crippen molar-refractivity contribution in [1.29, 1.82) is 5.26 Å². The number of piperidine rings is 1. The van der Waals surface area contributed by atoms with Crippen molar-refractivity contribution in [1.82, 2.24) is 24.6 Å². The van der Waals surface area contributed by atoms with Gasteiger partial charge in [0.25, 0.3) is 5.56 Å². The van der Waals surface area contributed by atoms with E-state index in [1.54, 1.807) is 36.7 Å². The molecule has 4 aromatic rings. The van der Waals surface area contributed by atoms with Gasteiger partial charge in [0.05, 0.1) is 49.4 Å². The summed E-state index contributed by atoms with van der Waals surface area (Å²) in [5.74, 6) is 1.37. The van der Waals surface area contributed by atoms with E-state index in [2.05, 4.69) is 26.0 Å².